The predicted molar refractivity (Wildman–Crippen MR) is 99.8 cm³/mol. The van der Waals surface area contributed by atoms with Crippen LogP contribution in [0.5, 0.6) is 0 Å². The summed E-state index contributed by atoms with van der Waals surface area (Å²) in [6, 6.07) is 5.27. The van der Waals surface area contributed by atoms with E-state index in [0.29, 0.717) is 31.6 Å². The zero-order valence-corrected chi connectivity index (χ0v) is 15.9. The zero-order chi connectivity index (χ0) is 19.7. The number of benzene rings is 1. The smallest absolute Gasteiger partial charge is 0.302 e. The number of esters is 1. The van der Waals surface area contributed by atoms with Crippen LogP contribution in [0.15, 0.2) is 12.1 Å². The van der Waals surface area contributed by atoms with Crippen LogP contribution < -0.4 is 4.90 Å². The Hall–Kier alpha value is -2.62. The lowest BCUT2D eigenvalue weighted by atomic mass is 9.99. The highest BCUT2D eigenvalue weighted by atomic mass is 16.6. The van der Waals surface area contributed by atoms with Gasteiger partial charge in [0, 0.05) is 38.3 Å². The second-order valence-electron chi connectivity index (χ2n) is 6.03. The molecule has 0 N–H and O–H groups in total. The normalized spacial score (nSPS) is 13.1. The minimum Gasteiger partial charge on any atom is -0.466 e. The fourth-order valence-electron chi connectivity index (χ4n) is 3.01. The molecule has 0 bridgehead atoms. The van der Waals surface area contributed by atoms with Gasteiger partial charge in [-0.15, -0.1) is 0 Å². The molecular formula is C19H27N3O4. The van der Waals surface area contributed by atoms with Crippen molar-refractivity contribution in [1.29, 1.82) is 5.26 Å². The maximum atomic E-state index is 10.8. The SMILES string of the molecule is CC.CC(=O)OCCCN1CCc2cc(CC(C)[N+](=O)[O-])cc(C#N)c21. The van der Waals surface area contributed by atoms with E-state index in [9.17, 15) is 20.2 Å². The van der Waals surface area contributed by atoms with Gasteiger partial charge < -0.3 is 9.64 Å². The lowest BCUT2D eigenvalue weighted by molar-refractivity contribution is -0.517. The molecule has 0 aromatic heterocycles. The molecule has 0 amide bonds. The largest absolute Gasteiger partial charge is 0.466 e. The Morgan fingerprint density at radius 2 is 2.15 bits per heavy atom. The molecule has 0 radical (unpaired) electrons. The molecule has 26 heavy (non-hydrogen) atoms. The van der Waals surface area contributed by atoms with Gasteiger partial charge in [0.2, 0.25) is 6.04 Å². The number of rotatable bonds is 7. The highest BCUT2D eigenvalue weighted by Crippen LogP contribution is 2.33. The van der Waals surface area contributed by atoms with Gasteiger partial charge in [0.25, 0.3) is 0 Å². The fourth-order valence-corrected chi connectivity index (χ4v) is 3.01. The van der Waals surface area contributed by atoms with Crippen LogP contribution in [0.25, 0.3) is 0 Å². The van der Waals surface area contributed by atoms with Crippen molar-refractivity contribution >= 4 is 11.7 Å². The number of hydrogen-bond donors (Lipinski definition) is 0. The molecule has 1 unspecified atom stereocenters. The summed E-state index contributed by atoms with van der Waals surface area (Å²) in [4.78, 5) is 23.4. The maximum Gasteiger partial charge on any atom is 0.302 e. The molecule has 0 aliphatic carbocycles. The van der Waals surface area contributed by atoms with Crippen LogP contribution in [0.3, 0.4) is 0 Å². The third kappa shape index (κ3) is 5.73. The first-order chi connectivity index (χ1) is 12.4. The number of hydrogen-bond acceptors (Lipinski definition) is 6. The third-order valence-corrected chi connectivity index (χ3v) is 4.11. The lowest BCUT2D eigenvalue weighted by Crippen LogP contribution is -2.24. The first-order valence-electron chi connectivity index (χ1n) is 9.00. The number of anilines is 1. The van der Waals surface area contributed by atoms with Crippen LogP contribution >= 0.6 is 0 Å². The number of fused-ring (bicyclic) bond motifs is 1. The van der Waals surface area contributed by atoms with Crippen molar-refractivity contribution in [2.45, 2.75) is 53.0 Å². The molecule has 7 nitrogen and oxygen atoms in total. The van der Waals surface area contributed by atoms with Crippen molar-refractivity contribution in [2.75, 3.05) is 24.6 Å². The average molecular weight is 361 g/mol. The van der Waals surface area contributed by atoms with Crippen LogP contribution in [-0.4, -0.2) is 36.6 Å². The van der Waals surface area contributed by atoms with Gasteiger partial charge in [-0.2, -0.15) is 5.26 Å². The Labute approximate surface area is 154 Å². The summed E-state index contributed by atoms with van der Waals surface area (Å²) in [6.07, 6.45) is 1.84. The van der Waals surface area contributed by atoms with Crippen molar-refractivity contribution < 1.29 is 14.5 Å². The van der Waals surface area contributed by atoms with Gasteiger partial charge in [-0.25, -0.2) is 0 Å². The summed E-state index contributed by atoms with van der Waals surface area (Å²) in [5.74, 6) is -0.293. The van der Waals surface area contributed by atoms with Crippen molar-refractivity contribution in [1.82, 2.24) is 0 Å². The van der Waals surface area contributed by atoms with Crippen LogP contribution in [-0.2, 0) is 22.4 Å². The molecule has 0 saturated carbocycles. The number of nitriles is 1. The molecule has 142 valence electrons. The Morgan fingerprint density at radius 1 is 1.46 bits per heavy atom. The van der Waals surface area contributed by atoms with Crippen molar-refractivity contribution in [3.05, 3.63) is 38.9 Å². The predicted octanol–water partition coefficient (Wildman–Crippen LogP) is 3.11. The first kappa shape index (κ1) is 21.4. The summed E-state index contributed by atoms with van der Waals surface area (Å²) in [7, 11) is 0. The second-order valence-corrected chi connectivity index (χ2v) is 6.03. The van der Waals surface area contributed by atoms with Crippen LogP contribution in [0.4, 0.5) is 5.69 Å². The van der Waals surface area contributed by atoms with Crippen molar-refractivity contribution in [3.63, 3.8) is 0 Å². The van der Waals surface area contributed by atoms with E-state index in [1.54, 1.807) is 13.0 Å². The van der Waals surface area contributed by atoms with Crippen molar-refractivity contribution in [2.24, 2.45) is 0 Å². The van der Waals surface area contributed by atoms with Crippen LogP contribution in [0, 0.1) is 21.4 Å². The topological polar surface area (TPSA) is 96.5 Å². The molecule has 2 rings (SSSR count). The Morgan fingerprint density at radius 3 is 2.73 bits per heavy atom. The molecule has 7 heteroatoms. The molecular weight excluding hydrogens is 334 g/mol. The fraction of sp³-hybridized carbons (Fsp3) is 0.579. The molecule has 1 aromatic rings. The monoisotopic (exact) mass is 361 g/mol. The Bertz CT molecular complexity index is 682. The molecule has 1 heterocycles. The van der Waals surface area contributed by atoms with E-state index in [-0.39, 0.29) is 10.9 Å². The summed E-state index contributed by atoms with van der Waals surface area (Å²) in [5, 5.41) is 20.3. The van der Waals surface area contributed by atoms with E-state index in [1.807, 2.05) is 19.9 Å². The quantitative estimate of drug-likeness (QED) is 0.320. The number of ether oxygens (including phenoxy) is 1. The third-order valence-electron chi connectivity index (χ3n) is 4.11. The molecule has 1 aromatic carbocycles. The summed E-state index contributed by atoms with van der Waals surface area (Å²) >= 11 is 0. The molecule has 1 aliphatic rings. The van der Waals surface area contributed by atoms with E-state index >= 15 is 0 Å². The minimum atomic E-state index is -0.671. The number of nitro groups is 1. The van der Waals surface area contributed by atoms with E-state index < -0.39 is 6.04 Å². The van der Waals surface area contributed by atoms with Gasteiger partial charge in [-0.3, -0.25) is 14.9 Å². The van der Waals surface area contributed by atoms with E-state index in [4.69, 9.17) is 4.74 Å². The van der Waals surface area contributed by atoms with Crippen LogP contribution in [0.1, 0.15) is 50.8 Å². The second kappa shape index (κ2) is 10.4. The summed E-state index contributed by atoms with van der Waals surface area (Å²) in [5.41, 5.74) is 3.37. The van der Waals surface area contributed by atoms with Gasteiger partial charge in [0.1, 0.15) is 6.07 Å². The Kier molecular flexibility index (Phi) is 8.56. The van der Waals surface area contributed by atoms with Gasteiger partial charge >= 0.3 is 5.97 Å². The van der Waals surface area contributed by atoms with Crippen molar-refractivity contribution in [3.8, 4) is 6.07 Å². The van der Waals surface area contributed by atoms with Gasteiger partial charge in [0.15, 0.2) is 0 Å². The standard InChI is InChI=1S/C17H21N3O4.C2H6/c1-12(20(22)23)8-14-9-15-4-6-19(5-3-7-24-13(2)21)17(15)16(10-14)11-18;1-2/h9-10,12H,3-8H2,1-2H3;1-2H3. The van der Waals surface area contributed by atoms with E-state index in [2.05, 4.69) is 11.0 Å². The highest BCUT2D eigenvalue weighted by molar-refractivity contribution is 5.68. The van der Waals surface area contributed by atoms with Gasteiger partial charge in [-0.05, 0) is 30.0 Å². The minimum absolute atomic E-state index is 0.293. The molecule has 1 atom stereocenters. The van der Waals surface area contributed by atoms with E-state index in [0.717, 1.165) is 29.8 Å². The zero-order valence-electron chi connectivity index (χ0n) is 15.9. The highest BCUT2D eigenvalue weighted by Gasteiger charge is 2.24. The molecule has 1 aliphatic heterocycles. The number of carbonyl (C=O) groups is 1. The van der Waals surface area contributed by atoms with Gasteiger partial charge in [0.05, 0.1) is 17.9 Å². The molecule has 0 spiro atoms. The lowest BCUT2D eigenvalue weighted by Gasteiger charge is -2.20. The molecule has 0 saturated heterocycles. The maximum absolute atomic E-state index is 10.8. The van der Waals surface area contributed by atoms with E-state index in [1.165, 1.54) is 6.92 Å². The summed E-state index contributed by atoms with van der Waals surface area (Å²) < 4.78 is 4.94. The van der Waals surface area contributed by atoms with Crippen LogP contribution in [0.2, 0.25) is 0 Å². The Balaban J connectivity index is 0.00000163. The van der Waals surface area contributed by atoms with Gasteiger partial charge in [-0.1, -0.05) is 19.9 Å². The first-order valence-corrected chi connectivity index (χ1v) is 9.00. The number of nitrogens with zero attached hydrogens (tertiary/aromatic N) is 3. The number of carbonyl (C=O) groups excluding carboxylic acids is 1. The molecule has 0 fully saturated rings. The average Bonchev–Trinajstić information content (AvgIpc) is 3.02. The summed E-state index contributed by atoms with van der Waals surface area (Å²) in [6.45, 7) is 8.83.